The fourth-order valence-electron chi connectivity index (χ4n) is 2.99. The van der Waals surface area contributed by atoms with Crippen LogP contribution in [0, 0.1) is 6.92 Å². The van der Waals surface area contributed by atoms with Crippen molar-refractivity contribution in [3.05, 3.63) is 93.5 Å². The highest BCUT2D eigenvalue weighted by atomic mass is 79.9. The zero-order valence-corrected chi connectivity index (χ0v) is 19.9. The number of nitrogens with one attached hydrogen (secondary N) is 3. The van der Waals surface area contributed by atoms with Crippen LogP contribution in [0.4, 0.5) is 5.69 Å². The first-order chi connectivity index (χ1) is 15.9. The molecule has 0 saturated heterocycles. The Labute approximate surface area is 200 Å². The number of amides is 3. The molecular formula is C25H24BrN3O4. The summed E-state index contributed by atoms with van der Waals surface area (Å²) in [5, 5.41) is 2.80. The van der Waals surface area contributed by atoms with Crippen LogP contribution in [-0.4, -0.2) is 24.3 Å². The lowest BCUT2D eigenvalue weighted by Crippen LogP contribution is -2.43. The summed E-state index contributed by atoms with van der Waals surface area (Å²) in [6.45, 7) is 3.66. The van der Waals surface area contributed by atoms with E-state index in [-0.39, 0.29) is 12.5 Å². The number of aryl methyl sites for hydroxylation is 2. The lowest BCUT2D eigenvalue weighted by molar-refractivity contribution is -0.123. The van der Waals surface area contributed by atoms with Crippen LogP contribution in [0.25, 0.3) is 0 Å². The monoisotopic (exact) mass is 509 g/mol. The molecule has 0 fully saturated rings. The van der Waals surface area contributed by atoms with Gasteiger partial charge in [-0.15, -0.1) is 0 Å². The number of rotatable bonds is 7. The number of hydrogen-bond donors (Lipinski definition) is 3. The molecule has 33 heavy (non-hydrogen) atoms. The van der Waals surface area contributed by atoms with Gasteiger partial charge >= 0.3 is 0 Å². The molecule has 0 radical (unpaired) electrons. The number of ether oxygens (including phenoxy) is 1. The molecule has 3 aromatic rings. The molecule has 0 spiro atoms. The number of carbonyl (C=O) groups excluding carboxylic acids is 3. The van der Waals surface area contributed by atoms with Gasteiger partial charge in [0.25, 0.3) is 17.7 Å². The highest BCUT2D eigenvalue weighted by Gasteiger charge is 2.11. The topological polar surface area (TPSA) is 96.5 Å². The Hall–Kier alpha value is -3.65. The number of halogens is 1. The molecule has 8 heteroatoms. The van der Waals surface area contributed by atoms with Crippen LogP contribution < -0.4 is 20.9 Å². The third-order valence-corrected chi connectivity index (χ3v) is 5.49. The Kier molecular flexibility index (Phi) is 8.21. The lowest BCUT2D eigenvalue weighted by atomic mass is 10.1. The molecule has 3 rings (SSSR count). The molecule has 3 N–H and O–H groups in total. The van der Waals surface area contributed by atoms with E-state index in [0.717, 1.165) is 22.0 Å². The first kappa shape index (κ1) is 24.0. The van der Waals surface area contributed by atoms with Crippen molar-refractivity contribution >= 4 is 39.3 Å². The molecular weight excluding hydrogens is 486 g/mol. The molecule has 0 aliphatic carbocycles. The number of hydrazine groups is 1. The first-order valence-corrected chi connectivity index (χ1v) is 11.1. The molecule has 0 unspecified atom stereocenters. The SMILES string of the molecule is CCc1ccc(OCC(=O)NNC(=O)c2ccc(NC(=O)c3ccccc3C)cc2)c(Br)c1. The van der Waals surface area contributed by atoms with Gasteiger partial charge in [0, 0.05) is 16.8 Å². The number of carbonyl (C=O) groups is 3. The largest absolute Gasteiger partial charge is 0.483 e. The summed E-state index contributed by atoms with van der Waals surface area (Å²) in [4.78, 5) is 36.7. The second-order valence-corrected chi connectivity index (χ2v) is 8.11. The van der Waals surface area contributed by atoms with Crippen molar-refractivity contribution in [3.63, 3.8) is 0 Å². The Bertz CT molecular complexity index is 1160. The van der Waals surface area contributed by atoms with Crippen molar-refractivity contribution in [2.45, 2.75) is 20.3 Å². The van der Waals surface area contributed by atoms with Crippen molar-refractivity contribution in [3.8, 4) is 5.75 Å². The summed E-state index contributed by atoms with van der Waals surface area (Å²) in [5.41, 5.74) is 8.14. The second kappa shape index (κ2) is 11.3. The van der Waals surface area contributed by atoms with E-state index in [1.54, 1.807) is 42.5 Å². The van der Waals surface area contributed by atoms with Gasteiger partial charge in [-0.25, -0.2) is 0 Å². The van der Waals surface area contributed by atoms with Crippen molar-refractivity contribution in [1.29, 1.82) is 0 Å². The van der Waals surface area contributed by atoms with E-state index in [1.165, 1.54) is 0 Å². The van der Waals surface area contributed by atoms with E-state index in [9.17, 15) is 14.4 Å². The van der Waals surface area contributed by atoms with E-state index in [2.05, 4.69) is 32.1 Å². The van der Waals surface area contributed by atoms with Crippen molar-refractivity contribution in [2.75, 3.05) is 11.9 Å². The van der Waals surface area contributed by atoms with Crippen LogP contribution in [-0.2, 0) is 11.2 Å². The maximum Gasteiger partial charge on any atom is 0.276 e. The van der Waals surface area contributed by atoms with Gasteiger partial charge in [-0.3, -0.25) is 25.2 Å². The van der Waals surface area contributed by atoms with Crippen LogP contribution in [0.1, 0.15) is 38.8 Å². The molecule has 0 aliphatic rings. The highest BCUT2D eigenvalue weighted by Crippen LogP contribution is 2.26. The van der Waals surface area contributed by atoms with Gasteiger partial charge in [0.1, 0.15) is 5.75 Å². The molecule has 0 aliphatic heterocycles. The van der Waals surface area contributed by atoms with E-state index in [4.69, 9.17) is 4.74 Å². The predicted molar refractivity (Wildman–Crippen MR) is 130 cm³/mol. The molecule has 170 valence electrons. The van der Waals surface area contributed by atoms with Gasteiger partial charge in [0.2, 0.25) is 0 Å². The van der Waals surface area contributed by atoms with E-state index < -0.39 is 11.8 Å². The fraction of sp³-hybridized carbons (Fsp3) is 0.160. The average Bonchev–Trinajstić information content (AvgIpc) is 2.82. The summed E-state index contributed by atoms with van der Waals surface area (Å²) >= 11 is 3.42. The van der Waals surface area contributed by atoms with Gasteiger partial charge in [0.05, 0.1) is 4.47 Å². The predicted octanol–water partition coefficient (Wildman–Crippen LogP) is 4.41. The molecule has 0 saturated carbocycles. The Morgan fingerprint density at radius 1 is 0.909 bits per heavy atom. The van der Waals surface area contributed by atoms with Crippen LogP contribution >= 0.6 is 15.9 Å². The third-order valence-electron chi connectivity index (χ3n) is 4.87. The normalized spacial score (nSPS) is 10.3. The molecule has 0 heterocycles. The molecule has 3 aromatic carbocycles. The minimum absolute atomic E-state index is 0.228. The van der Waals surface area contributed by atoms with Gasteiger partial charge in [-0.2, -0.15) is 0 Å². The van der Waals surface area contributed by atoms with Crippen molar-refractivity contribution in [2.24, 2.45) is 0 Å². The van der Waals surface area contributed by atoms with E-state index in [1.807, 2.05) is 38.1 Å². The average molecular weight is 510 g/mol. The number of hydrogen-bond acceptors (Lipinski definition) is 4. The van der Waals surface area contributed by atoms with Crippen LogP contribution in [0.15, 0.2) is 71.2 Å². The molecule has 3 amide bonds. The van der Waals surface area contributed by atoms with Gasteiger partial charge in [-0.1, -0.05) is 31.2 Å². The van der Waals surface area contributed by atoms with Crippen molar-refractivity contribution < 1.29 is 19.1 Å². The quantitative estimate of drug-likeness (QED) is 0.411. The van der Waals surface area contributed by atoms with Crippen molar-refractivity contribution in [1.82, 2.24) is 10.9 Å². The summed E-state index contributed by atoms with van der Waals surface area (Å²) < 4.78 is 6.24. The smallest absolute Gasteiger partial charge is 0.276 e. The second-order valence-electron chi connectivity index (χ2n) is 7.26. The minimum atomic E-state index is -0.503. The van der Waals surface area contributed by atoms with Gasteiger partial charge in [0.15, 0.2) is 6.61 Å². The van der Waals surface area contributed by atoms with Gasteiger partial charge in [-0.05, 0) is 82.9 Å². The number of anilines is 1. The summed E-state index contributed by atoms with van der Waals surface area (Å²) in [6.07, 6.45) is 0.894. The molecule has 0 atom stereocenters. The number of benzene rings is 3. The summed E-state index contributed by atoms with van der Waals surface area (Å²) in [7, 11) is 0. The van der Waals surface area contributed by atoms with Crippen LogP contribution in [0.3, 0.4) is 0 Å². The molecule has 0 aromatic heterocycles. The molecule has 0 bridgehead atoms. The Morgan fingerprint density at radius 3 is 2.30 bits per heavy atom. The maximum atomic E-state index is 12.4. The van der Waals surface area contributed by atoms with E-state index in [0.29, 0.717) is 22.6 Å². The first-order valence-electron chi connectivity index (χ1n) is 10.3. The highest BCUT2D eigenvalue weighted by molar-refractivity contribution is 9.10. The zero-order chi connectivity index (χ0) is 23.8. The van der Waals surface area contributed by atoms with Gasteiger partial charge < -0.3 is 10.1 Å². The third kappa shape index (κ3) is 6.66. The minimum Gasteiger partial charge on any atom is -0.483 e. The summed E-state index contributed by atoms with van der Waals surface area (Å²) in [5.74, 6) is -0.684. The summed E-state index contributed by atoms with van der Waals surface area (Å²) in [6, 6.07) is 19.3. The van der Waals surface area contributed by atoms with E-state index >= 15 is 0 Å². The van der Waals surface area contributed by atoms with Crippen LogP contribution in [0.5, 0.6) is 5.75 Å². The maximum absolute atomic E-state index is 12.4. The fourth-order valence-corrected chi connectivity index (χ4v) is 3.53. The standard InChI is InChI=1S/C25H24BrN3O4/c1-3-17-8-13-22(21(26)14-17)33-15-23(30)28-29-24(31)18-9-11-19(12-10-18)27-25(32)20-7-5-4-6-16(20)2/h4-14H,3,15H2,1-2H3,(H,27,32)(H,28,30)(H,29,31). The zero-order valence-electron chi connectivity index (χ0n) is 18.3. The Morgan fingerprint density at radius 2 is 1.64 bits per heavy atom. The lowest BCUT2D eigenvalue weighted by Gasteiger charge is -2.11. The van der Waals surface area contributed by atoms with Crippen LogP contribution in [0.2, 0.25) is 0 Å². The Balaban J connectivity index is 1.48. The molecule has 7 nitrogen and oxygen atoms in total.